The van der Waals surface area contributed by atoms with E-state index in [0.29, 0.717) is 6.54 Å². The first kappa shape index (κ1) is 13.4. The molecule has 0 atom stereocenters. The molecule has 0 spiro atoms. The number of rotatable bonds is 3. The predicted octanol–water partition coefficient (Wildman–Crippen LogP) is 2.22. The van der Waals surface area contributed by atoms with E-state index in [-0.39, 0.29) is 5.78 Å². The quantitative estimate of drug-likeness (QED) is 0.857. The van der Waals surface area contributed by atoms with E-state index in [1.165, 1.54) is 24.9 Å². The second-order valence-corrected chi connectivity index (χ2v) is 5.84. The van der Waals surface area contributed by atoms with Gasteiger partial charge in [0.05, 0.1) is 17.9 Å². The van der Waals surface area contributed by atoms with E-state index in [0.717, 1.165) is 37.4 Å². The Hall–Kier alpha value is -1.55. The number of carbonyl (C=O) groups excluding carboxylic acids is 1. The van der Waals surface area contributed by atoms with Crippen molar-refractivity contribution in [1.82, 2.24) is 4.90 Å². The molecule has 1 fully saturated rings. The minimum absolute atomic E-state index is 0.240. The van der Waals surface area contributed by atoms with Crippen molar-refractivity contribution in [3.63, 3.8) is 0 Å². The third-order valence-corrected chi connectivity index (χ3v) is 4.31. The van der Waals surface area contributed by atoms with E-state index < -0.39 is 0 Å². The van der Waals surface area contributed by atoms with Crippen LogP contribution in [0.3, 0.4) is 0 Å². The van der Waals surface area contributed by atoms with Gasteiger partial charge in [-0.3, -0.25) is 9.69 Å². The summed E-state index contributed by atoms with van der Waals surface area (Å²) < 4.78 is 0. The van der Waals surface area contributed by atoms with Crippen LogP contribution in [0.1, 0.15) is 29.6 Å². The van der Waals surface area contributed by atoms with Gasteiger partial charge >= 0.3 is 0 Å². The summed E-state index contributed by atoms with van der Waals surface area (Å²) in [5, 5.41) is 3.38. The number of benzene rings is 1. The highest BCUT2D eigenvalue weighted by Crippen LogP contribution is 2.29. The molecule has 3 rings (SSSR count). The van der Waals surface area contributed by atoms with Crippen LogP contribution in [-0.2, 0) is 0 Å². The predicted molar refractivity (Wildman–Crippen MR) is 82.8 cm³/mol. The van der Waals surface area contributed by atoms with Gasteiger partial charge < -0.3 is 10.2 Å². The summed E-state index contributed by atoms with van der Waals surface area (Å²) >= 11 is 0. The molecular weight excluding hydrogens is 250 g/mol. The maximum Gasteiger partial charge on any atom is 0.176 e. The Kier molecular flexibility index (Phi) is 3.92. The third kappa shape index (κ3) is 2.80. The van der Waals surface area contributed by atoms with E-state index in [1.807, 2.05) is 12.1 Å². The molecule has 0 bridgehead atoms. The first-order valence-corrected chi connectivity index (χ1v) is 7.58. The summed E-state index contributed by atoms with van der Waals surface area (Å²) in [7, 11) is 2.09. The fraction of sp³-hybridized carbons (Fsp3) is 0.562. The number of anilines is 2. The molecule has 1 aromatic rings. The number of likely N-dealkylation sites (tertiary alicyclic amines) is 1. The number of piperidine rings is 1. The Morgan fingerprint density at radius 3 is 2.80 bits per heavy atom. The molecule has 0 radical (unpaired) electrons. The van der Waals surface area contributed by atoms with Gasteiger partial charge in [0, 0.05) is 25.7 Å². The van der Waals surface area contributed by atoms with Crippen LogP contribution in [0.5, 0.6) is 0 Å². The van der Waals surface area contributed by atoms with Crippen molar-refractivity contribution < 1.29 is 4.79 Å². The van der Waals surface area contributed by atoms with Crippen molar-refractivity contribution in [3.05, 3.63) is 23.8 Å². The molecule has 0 unspecified atom stereocenters. The summed E-state index contributed by atoms with van der Waals surface area (Å²) in [4.78, 5) is 16.9. The minimum Gasteiger partial charge on any atom is -0.382 e. The van der Waals surface area contributed by atoms with E-state index in [9.17, 15) is 4.79 Å². The molecule has 4 nitrogen and oxygen atoms in total. The lowest BCUT2D eigenvalue weighted by Crippen LogP contribution is -2.34. The molecule has 2 aliphatic heterocycles. The Balaban J connectivity index is 1.71. The summed E-state index contributed by atoms with van der Waals surface area (Å²) in [5.41, 5.74) is 3.10. The zero-order valence-corrected chi connectivity index (χ0v) is 12.2. The van der Waals surface area contributed by atoms with Crippen molar-refractivity contribution in [2.75, 3.05) is 50.0 Å². The second kappa shape index (κ2) is 5.83. The van der Waals surface area contributed by atoms with Crippen LogP contribution in [-0.4, -0.2) is 50.5 Å². The van der Waals surface area contributed by atoms with Crippen LogP contribution < -0.4 is 10.2 Å². The van der Waals surface area contributed by atoms with Gasteiger partial charge in [0.15, 0.2) is 5.78 Å². The standard InChI is InChI=1S/C16H23N3O/c1-18-10-7-17-14-11-13(5-6-15(14)18)16(20)12-19-8-3-2-4-9-19/h5-6,11,17H,2-4,7-10,12H2,1H3. The van der Waals surface area contributed by atoms with Gasteiger partial charge in [-0.1, -0.05) is 6.42 Å². The number of ketones is 1. The zero-order chi connectivity index (χ0) is 13.9. The monoisotopic (exact) mass is 273 g/mol. The fourth-order valence-corrected chi connectivity index (χ4v) is 3.07. The molecular formula is C16H23N3O. The number of Topliss-reactive ketones (excluding diaryl/α,β-unsaturated/α-hetero) is 1. The van der Waals surface area contributed by atoms with Crippen LogP contribution in [0.15, 0.2) is 18.2 Å². The maximum atomic E-state index is 12.4. The van der Waals surface area contributed by atoms with Gasteiger partial charge in [-0.15, -0.1) is 0 Å². The molecule has 2 heterocycles. The lowest BCUT2D eigenvalue weighted by molar-refractivity contribution is 0.0916. The number of nitrogens with zero attached hydrogens (tertiary/aromatic N) is 2. The van der Waals surface area contributed by atoms with Crippen molar-refractivity contribution >= 4 is 17.2 Å². The first-order chi connectivity index (χ1) is 9.74. The molecule has 4 heteroatoms. The molecule has 20 heavy (non-hydrogen) atoms. The Labute approximate surface area is 120 Å². The van der Waals surface area contributed by atoms with Crippen molar-refractivity contribution in [2.45, 2.75) is 19.3 Å². The summed E-state index contributed by atoms with van der Waals surface area (Å²) in [6.45, 7) is 4.64. The van der Waals surface area contributed by atoms with Crippen LogP contribution in [0.25, 0.3) is 0 Å². The molecule has 1 saturated heterocycles. The number of carbonyl (C=O) groups is 1. The van der Waals surface area contributed by atoms with E-state index in [4.69, 9.17) is 0 Å². The first-order valence-electron chi connectivity index (χ1n) is 7.58. The Morgan fingerprint density at radius 1 is 1.20 bits per heavy atom. The molecule has 0 aliphatic carbocycles. The molecule has 1 N–H and O–H groups in total. The number of hydrogen-bond acceptors (Lipinski definition) is 4. The SMILES string of the molecule is CN1CCNc2cc(C(=O)CN3CCCCC3)ccc21. The van der Waals surface area contributed by atoms with Crippen LogP contribution in [0, 0.1) is 0 Å². The lowest BCUT2D eigenvalue weighted by Gasteiger charge is -2.29. The molecule has 2 aliphatic rings. The highest BCUT2D eigenvalue weighted by molar-refractivity contribution is 5.99. The topological polar surface area (TPSA) is 35.6 Å². The van der Waals surface area contributed by atoms with Gasteiger partial charge in [0.1, 0.15) is 0 Å². The smallest absolute Gasteiger partial charge is 0.176 e. The van der Waals surface area contributed by atoms with Gasteiger partial charge in [0.2, 0.25) is 0 Å². The average molecular weight is 273 g/mol. The Bertz CT molecular complexity index is 494. The summed E-state index contributed by atoms with van der Waals surface area (Å²) in [5.74, 6) is 0.240. The number of fused-ring (bicyclic) bond motifs is 1. The van der Waals surface area contributed by atoms with E-state index >= 15 is 0 Å². The average Bonchev–Trinajstić information content (AvgIpc) is 2.48. The van der Waals surface area contributed by atoms with Crippen molar-refractivity contribution in [2.24, 2.45) is 0 Å². The van der Waals surface area contributed by atoms with Crippen LogP contribution in [0.2, 0.25) is 0 Å². The summed E-state index contributed by atoms with van der Waals surface area (Å²) in [6, 6.07) is 6.04. The van der Waals surface area contributed by atoms with Gasteiger partial charge in [-0.05, 0) is 44.1 Å². The minimum atomic E-state index is 0.240. The van der Waals surface area contributed by atoms with Crippen molar-refractivity contribution in [1.29, 1.82) is 0 Å². The number of nitrogens with one attached hydrogen (secondary N) is 1. The third-order valence-electron chi connectivity index (χ3n) is 4.31. The van der Waals surface area contributed by atoms with E-state index in [2.05, 4.69) is 28.2 Å². The van der Waals surface area contributed by atoms with Gasteiger partial charge in [-0.25, -0.2) is 0 Å². The molecule has 108 valence electrons. The van der Waals surface area contributed by atoms with Crippen LogP contribution in [0.4, 0.5) is 11.4 Å². The highest BCUT2D eigenvalue weighted by Gasteiger charge is 2.18. The van der Waals surface area contributed by atoms with E-state index in [1.54, 1.807) is 0 Å². The van der Waals surface area contributed by atoms with Crippen LogP contribution >= 0.6 is 0 Å². The number of likely N-dealkylation sites (N-methyl/N-ethyl adjacent to an activating group) is 1. The van der Waals surface area contributed by atoms with Crippen molar-refractivity contribution in [3.8, 4) is 0 Å². The second-order valence-electron chi connectivity index (χ2n) is 5.84. The summed E-state index contributed by atoms with van der Waals surface area (Å²) in [6.07, 6.45) is 3.76. The Morgan fingerprint density at radius 2 is 2.00 bits per heavy atom. The highest BCUT2D eigenvalue weighted by atomic mass is 16.1. The maximum absolute atomic E-state index is 12.4. The van der Waals surface area contributed by atoms with Gasteiger partial charge in [0.25, 0.3) is 0 Å². The lowest BCUT2D eigenvalue weighted by atomic mass is 10.1. The molecule has 1 aromatic carbocycles. The molecule has 0 saturated carbocycles. The number of hydrogen-bond donors (Lipinski definition) is 1. The molecule has 0 aromatic heterocycles. The molecule has 0 amide bonds. The van der Waals surface area contributed by atoms with Gasteiger partial charge in [-0.2, -0.15) is 0 Å². The zero-order valence-electron chi connectivity index (χ0n) is 12.2. The fourth-order valence-electron chi connectivity index (χ4n) is 3.07. The normalized spacial score (nSPS) is 19.4. The largest absolute Gasteiger partial charge is 0.382 e.